The molecule has 4 aromatic carbocycles. The topological polar surface area (TPSA) is 346 Å². The van der Waals surface area contributed by atoms with Crippen molar-refractivity contribution in [3.05, 3.63) is 112 Å². The van der Waals surface area contributed by atoms with Crippen molar-refractivity contribution in [2.24, 2.45) is 11.7 Å². The van der Waals surface area contributed by atoms with Crippen LogP contribution in [0.25, 0.3) is 0 Å². The summed E-state index contributed by atoms with van der Waals surface area (Å²) in [5, 5.41) is 35.1. The maximum Gasteiger partial charge on any atom is 0.339 e. The molecule has 1 heterocycles. The number of hydrogen-bond acceptors (Lipinski definition) is 16. The molecule has 0 bridgehead atoms. The highest BCUT2D eigenvalue weighted by atomic mass is 19.2. The summed E-state index contributed by atoms with van der Waals surface area (Å²) in [6.45, 7) is 16.4. The van der Waals surface area contributed by atoms with E-state index in [-0.39, 0.29) is 46.0 Å². The zero-order valence-electron chi connectivity index (χ0n) is 49.3. The SMILES string of the molecule is CC(C)C(NC(=O)C(CCC(=O)OC(C)(C)C)NC(=O)C(N)CC(=O)OC(C)(C)C)C(=O)NC(CC(=O)OC(C)(C)C)C(=O)NCC(=O)Nc1ccc2c(c1)Oc1cc(NC(=O)c3c(F)c(F)c(F)c(F)c3F)ccc1C2c1cccc(O)c1C(=O)O. The molecule has 6 amide bonds. The van der Waals surface area contributed by atoms with Crippen molar-refractivity contribution in [3.8, 4) is 17.2 Å². The molecular weight excluding hydrogens is 1160 g/mol. The van der Waals surface area contributed by atoms with Gasteiger partial charge in [0.25, 0.3) is 5.91 Å². The van der Waals surface area contributed by atoms with Gasteiger partial charge in [-0.2, -0.15) is 0 Å². The van der Waals surface area contributed by atoms with E-state index in [1.165, 1.54) is 71.0 Å². The van der Waals surface area contributed by atoms with E-state index in [9.17, 15) is 80.1 Å². The van der Waals surface area contributed by atoms with Gasteiger partial charge < -0.3 is 66.8 Å². The molecule has 1 aliphatic heterocycles. The van der Waals surface area contributed by atoms with Gasteiger partial charge in [-0.15, -0.1) is 0 Å². The zero-order chi connectivity index (χ0) is 65.4. The van der Waals surface area contributed by atoms with E-state index in [4.69, 9.17) is 24.7 Å². The van der Waals surface area contributed by atoms with Gasteiger partial charge >= 0.3 is 23.9 Å². The number of carbonyl (C=O) groups is 10. The molecule has 5 atom stereocenters. The fourth-order valence-electron chi connectivity index (χ4n) is 8.69. The van der Waals surface area contributed by atoms with Gasteiger partial charge in [-0.25, -0.2) is 26.7 Å². The Labute approximate surface area is 495 Å². The van der Waals surface area contributed by atoms with Crippen LogP contribution in [0, 0.1) is 35.0 Å². The molecule has 0 fully saturated rings. The number of carbonyl (C=O) groups excluding carboxylic acids is 9. The first-order valence-electron chi connectivity index (χ1n) is 27.0. The molecule has 10 N–H and O–H groups in total. The zero-order valence-corrected chi connectivity index (χ0v) is 49.3. The van der Waals surface area contributed by atoms with Crippen molar-refractivity contribution in [3.63, 3.8) is 0 Å². The number of nitrogens with two attached hydrogens (primary N) is 1. The van der Waals surface area contributed by atoms with Crippen LogP contribution >= 0.6 is 0 Å². The van der Waals surface area contributed by atoms with E-state index in [0.717, 1.165) is 18.2 Å². The van der Waals surface area contributed by atoms with Gasteiger partial charge in [0.2, 0.25) is 35.4 Å². The lowest BCUT2D eigenvalue weighted by Crippen LogP contribution is -2.59. The number of hydrogen-bond donors (Lipinski definition) is 9. The number of amides is 6. The molecule has 23 nitrogen and oxygen atoms in total. The lowest BCUT2D eigenvalue weighted by Gasteiger charge is -2.30. The molecule has 0 spiro atoms. The Bertz CT molecular complexity index is 3350. The average molecular weight is 1230 g/mol. The fourth-order valence-corrected chi connectivity index (χ4v) is 8.69. The molecule has 470 valence electrons. The van der Waals surface area contributed by atoms with E-state index >= 15 is 0 Å². The summed E-state index contributed by atoms with van der Waals surface area (Å²) in [5.41, 5.74) is 0.837. The number of phenols is 1. The van der Waals surface area contributed by atoms with Crippen LogP contribution < -0.4 is 42.4 Å². The van der Waals surface area contributed by atoms with Gasteiger partial charge in [-0.05, 0) is 98.4 Å². The van der Waals surface area contributed by atoms with E-state index in [1.54, 1.807) is 41.5 Å². The second kappa shape index (κ2) is 27.9. The molecule has 0 radical (unpaired) electrons. The van der Waals surface area contributed by atoms with Crippen LogP contribution in [-0.4, -0.2) is 117 Å². The Morgan fingerprint density at radius 3 is 1.60 bits per heavy atom. The smallest absolute Gasteiger partial charge is 0.339 e. The minimum atomic E-state index is -2.50. The highest BCUT2D eigenvalue weighted by Crippen LogP contribution is 2.50. The molecule has 28 heteroatoms. The Morgan fingerprint density at radius 2 is 1.08 bits per heavy atom. The lowest BCUT2D eigenvalue weighted by molar-refractivity contribution is -0.157. The largest absolute Gasteiger partial charge is 0.507 e. The van der Waals surface area contributed by atoms with E-state index in [2.05, 4.69) is 26.6 Å². The monoisotopic (exact) mass is 1230 g/mol. The van der Waals surface area contributed by atoms with Crippen molar-refractivity contribution in [2.45, 2.75) is 149 Å². The van der Waals surface area contributed by atoms with Crippen LogP contribution in [0.5, 0.6) is 17.2 Å². The number of carboxylic acids is 1. The lowest BCUT2D eigenvalue weighted by atomic mass is 9.80. The van der Waals surface area contributed by atoms with Crippen molar-refractivity contribution in [1.82, 2.24) is 21.3 Å². The second-order valence-electron chi connectivity index (χ2n) is 23.4. The number of halogens is 5. The predicted octanol–water partition coefficient (Wildman–Crippen LogP) is 6.40. The van der Waals surface area contributed by atoms with E-state index < -0.39 is 184 Å². The number of aromatic carboxylic acids is 1. The predicted molar refractivity (Wildman–Crippen MR) is 299 cm³/mol. The van der Waals surface area contributed by atoms with Crippen LogP contribution in [0.4, 0.5) is 33.3 Å². The van der Waals surface area contributed by atoms with Crippen LogP contribution in [0.1, 0.15) is 145 Å². The number of fused-ring (bicyclic) bond motifs is 2. The number of carboxylic acid groups (broad SMARTS) is 1. The third-order valence-corrected chi connectivity index (χ3v) is 12.4. The molecule has 0 aliphatic carbocycles. The van der Waals surface area contributed by atoms with E-state index in [0.29, 0.717) is 0 Å². The molecule has 87 heavy (non-hydrogen) atoms. The summed E-state index contributed by atoms with van der Waals surface area (Å²) in [7, 11) is 0. The van der Waals surface area contributed by atoms with Crippen molar-refractivity contribution in [1.29, 1.82) is 0 Å². The number of rotatable bonds is 22. The summed E-state index contributed by atoms with van der Waals surface area (Å²) in [6.07, 6.45) is -2.19. The first-order valence-corrected chi connectivity index (χ1v) is 27.0. The molecule has 0 saturated heterocycles. The molecular formula is C59H68F5N7O16. The number of nitrogens with one attached hydrogen (secondary N) is 6. The Balaban J connectivity index is 1.38. The minimum Gasteiger partial charge on any atom is -0.507 e. The van der Waals surface area contributed by atoms with Gasteiger partial charge in [-0.1, -0.05) is 38.1 Å². The number of ether oxygens (including phenoxy) is 4. The van der Waals surface area contributed by atoms with Crippen LogP contribution in [0.15, 0.2) is 54.6 Å². The first-order chi connectivity index (χ1) is 40.2. The van der Waals surface area contributed by atoms with Gasteiger partial charge in [0.05, 0.1) is 25.4 Å². The maximum atomic E-state index is 14.6. The fraction of sp³-hybridized carbons (Fsp3) is 0.424. The van der Waals surface area contributed by atoms with Gasteiger partial charge in [0.1, 0.15) is 63.3 Å². The normalized spacial score (nSPS) is 14.3. The maximum absolute atomic E-state index is 14.6. The van der Waals surface area contributed by atoms with Crippen molar-refractivity contribution < 1.29 is 99.1 Å². The van der Waals surface area contributed by atoms with Gasteiger partial charge in [0, 0.05) is 47.0 Å². The van der Waals surface area contributed by atoms with Crippen molar-refractivity contribution >= 4 is 70.7 Å². The summed E-state index contributed by atoms with van der Waals surface area (Å²) >= 11 is 0. The molecule has 1 aliphatic rings. The standard InChI is InChI=1S/C59H68F5N7O16/c1-26(2)50(71-53(79)33(19-20-39(74)85-57(3,4)5)69-51(77)32(65)23-40(75)86-58(6,7)8)55(81)70-34(24-41(76)87-59(9,10)11)52(78)66-25-38(73)67-27-15-17-29-36(21-27)84-37-22-28(68-54(80)44-45(60)47(62)49(64)48(63)46(44)61)16-18-30(37)42(29)31-13-12-14-35(72)43(31)56(82)83/h12-18,21-22,26,32-34,42,50,72H,19-20,23-25,65H2,1-11H3,(H,66,78)(H,67,73)(H,68,80)(H,69,77)(H,70,81)(H,71,79)(H,82,83). The second-order valence-corrected chi connectivity index (χ2v) is 23.4. The Morgan fingerprint density at radius 1 is 0.586 bits per heavy atom. The number of esters is 3. The summed E-state index contributed by atoms with van der Waals surface area (Å²) in [6, 6.07) is 5.07. The Hall–Kier alpha value is -9.21. The van der Waals surface area contributed by atoms with Gasteiger partial charge in [0.15, 0.2) is 23.3 Å². The average Bonchev–Trinajstić information content (AvgIpc) is 0.928. The molecule has 0 aromatic heterocycles. The summed E-state index contributed by atoms with van der Waals surface area (Å²) < 4.78 is 93.3. The summed E-state index contributed by atoms with van der Waals surface area (Å²) in [4.78, 5) is 133. The highest BCUT2D eigenvalue weighted by molar-refractivity contribution is 6.05. The van der Waals surface area contributed by atoms with E-state index in [1.807, 2.05) is 5.32 Å². The highest BCUT2D eigenvalue weighted by Gasteiger charge is 2.37. The number of benzene rings is 4. The first kappa shape index (κ1) is 68.6. The molecule has 0 saturated carbocycles. The van der Waals surface area contributed by atoms with Crippen molar-refractivity contribution in [2.75, 3.05) is 17.2 Å². The van der Waals surface area contributed by atoms with Crippen LogP contribution in [0.3, 0.4) is 0 Å². The molecule has 4 aromatic rings. The Kier molecular flexibility index (Phi) is 22.0. The van der Waals surface area contributed by atoms with Crippen LogP contribution in [0.2, 0.25) is 0 Å². The molecule has 5 unspecified atom stereocenters. The number of aromatic hydroxyl groups is 1. The third-order valence-electron chi connectivity index (χ3n) is 12.4. The van der Waals surface area contributed by atoms with Gasteiger partial charge in [-0.3, -0.25) is 43.2 Å². The minimum absolute atomic E-state index is 0.00284. The molecule has 5 rings (SSSR count). The number of anilines is 2. The van der Waals surface area contributed by atoms with Crippen LogP contribution in [-0.2, 0) is 52.6 Å². The third kappa shape index (κ3) is 18.6. The quantitative estimate of drug-likeness (QED) is 0.0119. The summed E-state index contributed by atoms with van der Waals surface area (Å²) in [5.74, 6) is -25.7.